The van der Waals surface area contributed by atoms with Crippen LogP contribution in [0.3, 0.4) is 0 Å². The van der Waals surface area contributed by atoms with Crippen LogP contribution in [0.2, 0.25) is 0 Å². The normalized spacial score (nSPS) is 44.4. The number of hydrogen-bond acceptors (Lipinski definition) is 3. The molecule has 0 spiro atoms. The third-order valence-electron chi connectivity index (χ3n) is 6.29. The summed E-state index contributed by atoms with van der Waals surface area (Å²) in [5.74, 6) is 1.56. The molecule has 0 radical (unpaired) electrons. The number of nitrogen functional groups attached to an aromatic ring is 1. The second-order valence-electron chi connectivity index (χ2n) is 8.81. The number of aromatic nitrogens is 2. The summed E-state index contributed by atoms with van der Waals surface area (Å²) in [6.07, 6.45) is 8.00. The van der Waals surface area contributed by atoms with Gasteiger partial charge in [-0.05, 0) is 55.3 Å². The third-order valence-corrected chi connectivity index (χ3v) is 6.29. The van der Waals surface area contributed by atoms with E-state index in [9.17, 15) is 0 Å². The van der Waals surface area contributed by atoms with Crippen molar-refractivity contribution in [1.82, 2.24) is 9.78 Å². The topological polar surface area (TPSA) is 64.1 Å². The molecule has 4 saturated carbocycles. The Morgan fingerprint density at radius 3 is 2.48 bits per heavy atom. The molecule has 5 rings (SSSR count). The van der Waals surface area contributed by atoms with Gasteiger partial charge in [-0.25, -0.2) is 4.68 Å². The van der Waals surface area contributed by atoms with Gasteiger partial charge in [0.2, 0.25) is 0 Å². The molecule has 21 heavy (non-hydrogen) atoms. The number of hydrogen-bond donors (Lipinski definition) is 2. The van der Waals surface area contributed by atoms with E-state index in [0.29, 0.717) is 23.2 Å². The Morgan fingerprint density at radius 2 is 1.90 bits per heavy atom. The lowest BCUT2D eigenvalue weighted by Crippen LogP contribution is -2.57. The van der Waals surface area contributed by atoms with Crippen LogP contribution < -0.4 is 5.73 Å². The van der Waals surface area contributed by atoms with E-state index in [1.165, 1.54) is 44.2 Å². The Balaban J connectivity index is 1.75. The van der Waals surface area contributed by atoms with Crippen LogP contribution >= 0.6 is 0 Å². The van der Waals surface area contributed by atoms with Gasteiger partial charge in [0.1, 0.15) is 5.82 Å². The minimum absolute atomic E-state index is 0.0936. The molecule has 116 valence electrons. The molecule has 4 bridgehead atoms. The van der Waals surface area contributed by atoms with E-state index in [1.807, 2.05) is 0 Å². The maximum Gasteiger partial charge on any atom is 0.122 e. The number of aliphatic hydroxyl groups excluding tert-OH is 1. The largest absolute Gasteiger partial charge is 0.394 e. The zero-order valence-electron chi connectivity index (χ0n) is 13.2. The highest BCUT2D eigenvalue weighted by atomic mass is 16.3. The van der Waals surface area contributed by atoms with Gasteiger partial charge in [0.05, 0.1) is 18.8 Å². The van der Waals surface area contributed by atoms with Gasteiger partial charge in [0.15, 0.2) is 0 Å². The Hall–Kier alpha value is -1.03. The predicted molar refractivity (Wildman–Crippen MR) is 82.8 cm³/mol. The number of anilines is 1. The first-order valence-electron chi connectivity index (χ1n) is 8.30. The molecule has 4 heteroatoms. The summed E-state index contributed by atoms with van der Waals surface area (Å²) in [5.41, 5.74) is 8.50. The van der Waals surface area contributed by atoms with Gasteiger partial charge >= 0.3 is 0 Å². The van der Waals surface area contributed by atoms with Crippen LogP contribution in [0.4, 0.5) is 5.82 Å². The predicted octanol–water partition coefficient (Wildman–Crippen LogP) is 2.71. The highest BCUT2D eigenvalue weighted by Crippen LogP contribution is 2.69. The number of aliphatic hydroxyl groups is 1. The number of nitrogens with two attached hydrogens (primary N) is 1. The molecule has 1 aromatic heterocycles. The third kappa shape index (κ3) is 1.95. The Labute approximate surface area is 126 Å². The molecule has 2 unspecified atom stereocenters. The average Bonchev–Trinajstić information content (AvgIpc) is 2.67. The molecule has 0 aliphatic heterocycles. The minimum atomic E-state index is 0.0936. The first-order valence-corrected chi connectivity index (χ1v) is 8.30. The lowest BCUT2D eigenvalue weighted by molar-refractivity contribution is -0.111. The summed E-state index contributed by atoms with van der Waals surface area (Å²) in [7, 11) is 0. The van der Waals surface area contributed by atoms with Crippen molar-refractivity contribution in [3.8, 4) is 0 Å². The van der Waals surface area contributed by atoms with E-state index in [4.69, 9.17) is 15.9 Å². The van der Waals surface area contributed by atoms with E-state index in [2.05, 4.69) is 19.9 Å². The fourth-order valence-corrected chi connectivity index (χ4v) is 6.70. The maximum absolute atomic E-state index is 9.15. The molecule has 0 aromatic carbocycles. The van der Waals surface area contributed by atoms with E-state index < -0.39 is 0 Å². The van der Waals surface area contributed by atoms with Gasteiger partial charge in [-0.15, -0.1) is 0 Å². The fourth-order valence-electron chi connectivity index (χ4n) is 6.70. The lowest BCUT2D eigenvalue weighted by atomic mass is 9.40. The average molecular weight is 289 g/mol. The van der Waals surface area contributed by atoms with Crippen LogP contribution in [-0.4, -0.2) is 21.5 Å². The highest BCUT2D eigenvalue weighted by Gasteiger charge is 2.61. The Kier molecular flexibility index (Phi) is 2.62. The standard InChI is InChI=1S/C17H27N3O/c1-15-6-12-7-16(2,9-15)11-17(8-12,10-15)13-5-14(18)20(19-13)3-4-21/h5,12,21H,3-4,6-11,18H2,1-2H3. The molecule has 4 aliphatic rings. The zero-order chi connectivity index (χ0) is 14.9. The Bertz CT molecular complexity index is 561. The van der Waals surface area contributed by atoms with Crippen LogP contribution in [0.15, 0.2) is 6.07 Å². The van der Waals surface area contributed by atoms with Crippen molar-refractivity contribution < 1.29 is 5.11 Å². The lowest BCUT2D eigenvalue weighted by Gasteiger charge is -2.65. The molecule has 4 nitrogen and oxygen atoms in total. The summed E-state index contributed by atoms with van der Waals surface area (Å²) in [4.78, 5) is 0. The van der Waals surface area contributed by atoms with E-state index in [-0.39, 0.29) is 12.0 Å². The molecule has 0 amide bonds. The summed E-state index contributed by atoms with van der Waals surface area (Å²) in [5, 5.41) is 13.9. The van der Waals surface area contributed by atoms with Gasteiger partial charge in [-0.2, -0.15) is 5.10 Å². The minimum Gasteiger partial charge on any atom is -0.394 e. The molecule has 4 fully saturated rings. The summed E-state index contributed by atoms with van der Waals surface area (Å²) in [6, 6.07) is 2.08. The van der Waals surface area contributed by atoms with Crippen LogP contribution in [0.1, 0.15) is 58.1 Å². The molecule has 0 saturated heterocycles. The van der Waals surface area contributed by atoms with Gasteiger partial charge in [0, 0.05) is 11.5 Å². The first kappa shape index (κ1) is 13.6. The second-order valence-corrected chi connectivity index (χ2v) is 8.81. The number of nitrogens with zero attached hydrogens (tertiary/aromatic N) is 2. The molecule has 3 N–H and O–H groups in total. The molecule has 4 aliphatic carbocycles. The monoisotopic (exact) mass is 289 g/mol. The van der Waals surface area contributed by atoms with Crippen LogP contribution in [-0.2, 0) is 12.0 Å². The van der Waals surface area contributed by atoms with Crippen molar-refractivity contribution in [2.75, 3.05) is 12.3 Å². The SMILES string of the molecule is CC12CC3CC(C)(C1)CC(c1cc(N)n(CCO)n1)(C3)C2. The van der Waals surface area contributed by atoms with E-state index in [0.717, 1.165) is 5.92 Å². The van der Waals surface area contributed by atoms with Crippen LogP contribution in [0.5, 0.6) is 0 Å². The van der Waals surface area contributed by atoms with Gasteiger partial charge in [-0.1, -0.05) is 13.8 Å². The fraction of sp³-hybridized carbons (Fsp3) is 0.824. The summed E-state index contributed by atoms with van der Waals surface area (Å²) < 4.78 is 1.78. The number of rotatable bonds is 3. The zero-order valence-corrected chi connectivity index (χ0v) is 13.2. The molecular weight excluding hydrogens is 262 g/mol. The highest BCUT2D eigenvalue weighted by molar-refractivity contribution is 5.37. The molecular formula is C17H27N3O. The van der Waals surface area contributed by atoms with E-state index in [1.54, 1.807) is 4.68 Å². The van der Waals surface area contributed by atoms with Crippen molar-refractivity contribution >= 4 is 5.82 Å². The Morgan fingerprint density at radius 1 is 1.24 bits per heavy atom. The molecule has 1 aromatic rings. The van der Waals surface area contributed by atoms with Crippen molar-refractivity contribution in [3.63, 3.8) is 0 Å². The smallest absolute Gasteiger partial charge is 0.122 e. The molecule has 1 heterocycles. The van der Waals surface area contributed by atoms with Crippen molar-refractivity contribution in [3.05, 3.63) is 11.8 Å². The van der Waals surface area contributed by atoms with E-state index >= 15 is 0 Å². The summed E-state index contributed by atoms with van der Waals surface area (Å²) >= 11 is 0. The maximum atomic E-state index is 9.15. The van der Waals surface area contributed by atoms with Gasteiger partial charge in [0.25, 0.3) is 0 Å². The first-order chi connectivity index (χ1) is 9.85. The summed E-state index contributed by atoms with van der Waals surface area (Å²) in [6.45, 7) is 5.56. The van der Waals surface area contributed by atoms with Crippen molar-refractivity contribution in [2.45, 2.75) is 64.3 Å². The molecule has 2 atom stereocenters. The van der Waals surface area contributed by atoms with Crippen LogP contribution in [0, 0.1) is 16.7 Å². The quantitative estimate of drug-likeness (QED) is 0.899. The van der Waals surface area contributed by atoms with Gasteiger partial charge < -0.3 is 10.8 Å². The van der Waals surface area contributed by atoms with Crippen molar-refractivity contribution in [1.29, 1.82) is 0 Å². The van der Waals surface area contributed by atoms with Crippen LogP contribution in [0.25, 0.3) is 0 Å². The van der Waals surface area contributed by atoms with Crippen molar-refractivity contribution in [2.24, 2.45) is 16.7 Å². The second kappa shape index (κ2) is 4.03. The van der Waals surface area contributed by atoms with Gasteiger partial charge in [-0.3, -0.25) is 0 Å².